The first-order valence-corrected chi connectivity index (χ1v) is 6.72. The zero-order valence-corrected chi connectivity index (χ0v) is 12.0. The molecule has 2 atom stereocenters. The van der Waals surface area contributed by atoms with Gasteiger partial charge in [-0.3, -0.25) is 0 Å². The Morgan fingerprint density at radius 3 is 2.80 bits per heavy atom. The molecule has 0 saturated carbocycles. The van der Waals surface area contributed by atoms with Crippen molar-refractivity contribution in [1.29, 1.82) is 0 Å². The van der Waals surface area contributed by atoms with Crippen molar-refractivity contribution < 1.29 is 14.6 Å². The summed E-state index contributed by atoms with van der Waals surface area (Å²) in [5.41, 5.74) is -1.05. The molecule has 2 rings (SSSR count). The molecule has 1 aliphatic rings. The van der Waals surface area contributed by atoms with E-state index in [1.165, 1.54) is 0 Å². The van der Waals surface area contributed by atoms with Crippen LogP contribution < -0.4 is 9.80 Å². The monoisotopic (exact) mass is 284 g/mol. The summed E-state index contributed by atoms with van der Waals surface area (Å²) in [5, 5.41) is 20.3. The molecule has 7 heteroatoms. The highest BCUT2D eigenvalue weighted by Gasteiger charge is 2.39. The minimum Gasteiger partial charge on any atom is -0.388 e. The van der Waals surface area contributed by atoms with E-state index in [-0.39, 0.29) is 12.4 Å². The fraction of sp³-hybridized carbons (Fsp3) is 0.692. The molecule has 0 amide bonds. The summed E-state index contributed by atoms with van der Waals surface area (Å²) >= 11 is 0. The average molecular weight is 284 g/mol. The van der Waals surface area contributed by atoms with Crippen molar-refractivity contribution in [3.8, 4) is 0 Å². The Kier molecular flexibility index (Phi) is 4.10. The SMILES string of the molecule is CC[C@]1(O)CCN(c2ncc(F)c(N(C)C)n2)C[C@@H]1O. The number of aromatic nitrogens is 2. The zero-order chi connectivity index (χ0) is 14.9. The van der Waals surface area contributed by atoms with Crippen molar-refractivity contribution in [1.82, 2.24) is 9.97 Å². The maximum Gasteiger partial charge on any atom is 0.227 e. The minimum atomic E-state index is -1.05. The number of anilines is 2. The lowest BCUT2D eigenvalue weighted by Crippen LogP contribution is -2.55. The van der Waals surface area contributed by atoms with Crippen LogP contribution in [0.2, 0.25) is 0 Å². The predicted molar refractivity (Wildman–Crippen MR) is 74.4 cm³/mol. The van der Waals surface area contributed by atoms with Crippen molar-refractivity contribution in [2.75, 3.05) is 37.0 Å². The Bertz CT molecular complexity index is 485. The number of rotatable bonds is 3. The second kappa shape index (κ2) is 5.49. The predicted octanol–water partition coefficient (Wildman–Crippen LogP) is 0.394. The van der Waals surface area contributed by atoms with Crippen LogP contribution >= 0.6 is 0 Å². The van der Waals surface area contributed by atoms with Crippen molar-refractivity contribution in [3.63, 3.8) is 0 Å². The van der Waals surface area contributed by atoms with Crippen LogP contribution in [0.4, 0.5) is 16.2 Å². The molecule has 0 spiro atoms. The van der Waals surface area contributed by atoms with E-state index in [1.807, 2.05) is 6.92 Å². The fourth-order valence-corrected chi connectivity index (χ4v) is 2.37. The molecule has 112 valence electrons. The molecule has 0 aromatic carbocycles. The van der Waals surface area contributed by atoms with Crippen LogP contribution in [0, 0.1) is 5.82 Å². The second-order valence-corrected chi connectivity index (χ2v) is 5.40. The number of hydrogen-bond donors (Lipinski definition) is 2. The van der Waals surface area contributed by atoms with Crippen LogP contribution in [0.1, 0.15) is 19.8 Å². The standard InChI is InChI=1S/C13H21FN4O2/c1-4-13(20)5-6-18(8-10(13)19)12-15-7-9(14)11(16-12)17(2)3/h7,10,19-20H,4-6,8H2,1-3H3/t10-,13-/m0/s1. The molecule has 1 aromatic heterocycles. The summed E-state index contributed by atoms with van der Waals surface area (Å²) in [6, 6.07) is 0. The lowest BCUT2D eigenvalue weighted by molar-refractivity contribution is -0.0881. The van der Waals surface area contributed by atoms with Crippen LogP contribution in [0.15, 0.2) is 6.20 Å². The topological polar surface area (TPSA) is 72.7 Å². The van der Waals surface area contributed by atoms with E-state index in [1.54, 1.807) is 23.9 Å². The third kappa shape index (κ3) is 2.69. The van der Waals surface area contributed by atoms with Gasteiger partial charge in [0.25, 0.3) is 0 Å². The van der Waals surface area contributed by atoms with E-state index in [0.29, 0.717) is 25.3 Å². The molecule has 0 aliphatic carbocycles. The molecule has 2 heterocycles. The Balaban J connectivity index is 2.20. The fourth-order valence-electron chi connectivity index (χ4n) is 2.37. The molecular weight excluding hydrogens is 263 g/mol. The Hall–Kier alpha value is -1.47. The number of aliphatic hydroxyl groups excluding tert-OH is 1. The third-order valence-electron chi connectivity index (χ3n) is 3.86. The van der Waals surface area contributed by atoms with Crippen molar-refractivity contribution in [2.45, 2.75) is 31.5 Å². The van der Waals surface area contributed by atoms with Gasteiger partial charge in [-0.25, -0.2) is 9.37 Å². The molecule has 0 radical (unpaired) electrons. The van der Waals surface area contributed by atoms with Gasteiger partial charge in [0.1, 0.15) is 6.10 Å². The molecule has 2 N–H and O–H groups in total. The molecule has 1 fully saturated rings. The number of β-amino-alcohol motifs (C(OH)–C–C–N with tert-alkyl or cyclic N) is 1. The molecular formula is C13H21FN4O2. The van der Waals surface area contributed by atoms with Gasteiger partial charge in [-0.15, -0.1) is 0 Å². The molecule has 20 heavy (non-hydrogen) atoms. The van der Waals surface area contributed by atoms with Gasteiger partial charge in [0.15, 0.2) is 11.6 Å². The number of piperidine rings is 1. The van der Waals surface area contributed by atoms with Gasteiger partial charge in [0, 0.05) is 27.2 Å². The van der Waals surface area contributed by atoms with E-state index in [4.69, 9.17) is 0 Å². The molecule has 0 bridgehead atoms. The molecule has 1 saturated heterocycles. The van der Waals surface area contributed by atoms with E-state index in [0.717, 1.165) is 6.20 Å². The van der Waals surface area contributed by atoms with Gasteiger partial charge < -0.3 is 20.0 Å². The first kappa shape index (κ1) is 14.9. The second-order valence-electron chi connectivity index (χ2n) is 5.40. The summed E-state index contributed by atoms with van der Waals surface area (Å²) in [5.74, 6) is 0.0921. The lowest BCUT2D eigenvalue weighted by Gasteiger charge is -2.41. The molecule has 6 nitrogen and oxygen atoms in total. The number of halogens is 1. The molecule has 1 aliphatic heterocycles. The highest BCUT2D eigenvalue weighted by Crippen LogP contribution is 2.28. The van der Waals surface area contributed by atoms with E-state index >= 15 is 0 Å². The van der Waals surface area contributed by atoms with Crippen LogP contribution in [-0.4, -0.2) is 59.1 Å². The van der Waals surface area contributed by atoms with Crippen molar-refractivity contribution in [2.24, 2.45) is 0 Å². The van der Waals surface area contributed by atoms with Crippen molar-refractivity contribution >= 4 is 11.8 Å². The number of hydrogen-bond acceptors (Lipinski definition) is 6. The molecule has 1 aromatic rings. The summed E-state index contributed by atoms with van der Waals surface area (Å²) in [7, 11) is 3.41. The van der Waals surface area contributed by atoms with E-state index in [9.17, 15) is 14.6 Å². The average Bonchev–Trinajstić information content (AvgIpc) is 2.42. The first-order valence-electron chi connectivity index (χ1n) is 6.72. The van der Waals surface area contributed by atoms with Gasteiger partial charge in [0.2, 0.25) is 5.95 Å². The largest absolute Gasteiger partial charge is 0.388 e. The Morgan fingerprint density at radius 2 is 2.25 bits per heavy atom. The van der Waals surface area contributed by atoms with Crippen LogP contribution in [0.25, 0.3) is 0 Å². The maximum atomic E-state index is 13.6. The zero-order valence-electron chi connectivity index (χ0n) is 12.0. The quantitative estimate of drug-likeness (QED) is 0.837. The van der Waals surface area contributed by atoms with E-state index < -0.39 is 17.5 Å². The number of aliphatic hydroxyl groups is 2. The highest BCUT2D eigenvalue weighted by atomic mass is 19.1. The Morgan fingerprint density at radius 1 is 1.55 bits per heavy atom. The van der Waals surface area contributed by atoms with Gasteiger partial charge in [-0.05, 0) is 12.8 Å². The first-order chi connectivity index (χ1) is 9.37. The summed E-state index contributed by atoms with van der Waals surface area (Å²) < 4.78 is 13.6. The van der Waals surface area contributed by atoms with Gasteiger partial charge >= 0.3 is 0 Å². The summed E-state index contributed by atoms with van der Waals surface area (Å²) in [6.45, 7) is 2.61. The smallest absolute Gasteiger partial charge is 0.227 e. The van der Waals surface area contributed by atoms with Crippen molar-refractivity contribution in [3.05, 3.63) is 12.0 Å². The maximum absolute atomic E-state index is 13.6. The minimum absolute atomic E-state index is 0.209. The number of nitrogens with zero attached hydrogens (tertiary/aromatic N) is 4. The molecule has 0 unspecified atom stereocenters. The van der Waals surface area contributed by atoms with Crippen LogP contribution in [0.3, 0.4) is 0 Å². The highest BCUT2D eigenvalue weighted by molar-refractivity contribution is 5.44. The van der Waals surface area contributed by atoms with Gasteiger partial charge in [0.05, 0.1) is 11.8 Å². The van der Waals surface area contributed by atoms with Gasteiger partial charge in [-0.1, -0.05) is 6.92 Å². The summed E-state index contributed by atoms with van der Waals surface area (Å²) in [4.78, 5) is 11.5. The normalized spacial score (nSPS) is 26.7. The van der Waals surface area contributed by atoms with Crippen LogP contribution in [0.5, 0.6) is 0 Å². The van der Waals surface area contributed by atoms with E-state index in [2.05, 4.69) is 9.97 Å². The third-order valence-corrected chi connectivity index (χ3v) is 3.86. The summed E-state index contributed by atoms with van der Waals surface area (Å²) in [6.07, 6.45) is 1.19. The van der Waals surface area contributed by atoms with Crippen LogP contribution in [-0.2, 0) is 0 Å². The van der Waals surface area contributed by atoms with Gasteiger partial charge in [-0.2, -0.15) is 4.98 Å². The Labute approximate surface area is 117 Å². The lowest BCUT2D eigenvalue weighted by atomic mass is 9.86.